The number of halogens is 1. The smallest absolute Gasteiger partial charge is 0.0816 e. The molecule has 0 aliphatic carbocycles. The van der Waals surface area contributed by atoms with E-state index in [0.717, 1.165) is 10.0 Å². The lowest BCUT2D eigenvalue weighted by molar-refractivity contribution is 0.264. The molecule has 1 N–H and O–H groups in total. The van der Waals surface area contributed by atoms with Gasteiger partial charge in [-0.3, -0.25) is 0 Å². The molecule has 1 aromatic carbocycles. The van der Waals surface area contributed by atoms with E-state index in [1.165, 1.54) is 0 Å². The Morgan fingerprint density at radius 2 is 2.29 bits per heavy atom. The summed E-state index contributed by atoms with van der Waals surface area (Å²) in [6, 6.07) is 9.88. The molecule has 1 rings (SSSR count). The summed E-state index contributed by atoms with van der Waals surface area (Å²) >= 11 is 3.36. The molecule has 0 aromatic heterocycles. The van der Waals surface area contributed by atoms with Gasteiger partial charge in [-0.15, -0.1) is 0 Å². The van der Waals surface area contributed by atoms with Crippen LogP contribution in [0.25, 0.3) is 0 Å². The van der Waals surface area contributed by atoms with Gasteiger partial charge in [0.15, 0.2) is 0 Å². The Bertz CT molecular complexity index is 359. The maximum Gasteiger partial charge on any atom is 0.0816 e. The number of hydrogen-bond acceptors (Lipinski definition) is 2. The summed E-state index contributed by atoms with van der Waals surface area (Å²) in [6.45, 7) is 1.86. The zero-order valence-corrected chi connectivity index (χ0v) is 9.58. The van der Waals surface area contributed by atoms with Crippen molar-refractivity contribution in [2.24, 2.45) is 0 Å². The van der Waals surface area contributed by atoms with Crippen LogP contribution >= 0.6 is 15.9 Å². The monoisotopic (exact) mass is 253 g/mol. The SMILES string of the molecule is CC(C#N)(CCO)c1cccc(Br)c1. The fourth-order valence-electron chi connectivity index (χ4n) is 1.32. The van der Waals surface area contributed by atoms with E-state index in [-0.39, 0.29) is 6.61 Å². The van der Waals surface area contributed by atoms with E-state index in [2.05, 4.69) is 22.0 Å². The molecule has 0 saturated heterocycles. The molecule has 3 heteroatoms. The summed E-state index contributed by atoms with van der Waals surface area (Å²) in [4.78, 5) is 0. The van der Waals surface area contributed by atoms with E-state index >= 15 is 0 Å². The Hall–Kier alpha value is -0.850. The van der Waals surface area contributed by atoms with Crippen LogP contribution in [0.3, 0.4) is 0 Å². The van der Waals surface area contributed by atoms with Crippen LogP contribution in [-0.2, 0) is 5.41 Å². The Morgan fingerprint density at radius 1 is 1.57 bits per heavy atom. The van der Waals surface area contributed by atoms with Crippen LogP contribution in [0.4, 0.5) is 0 Å². The summed E-state index contributed by atoms with van der Waals surface area (Å²) in [7, 11) is 0. The second-order valence-electron chi connectivity index (χ2n) is 3.43. The van der Waals surface area contributed by atoms with E-state index in [0.29, 0.717) is 6.42 Å². The van der Waals surface area contributed by atoms with Gasteiger partial charge >= 0.3 is 0 Å². The van der Waals surface area contributed by atoms with Crippen LogP contribution < -0.4 is 0 Å². The first-order valence-corrected chi connectivity index (χ1v) is 5.20. The average molecular weight is 254 g/mol. The Morgan fingerprint density at radius 3 is 2.79 bits per heavy atom. The van der Waals surface area contributed by atoms with Crippen LogP contribution in [0, 0.1) is 11.3 Å². The van der Waals surface area contributed by atoms with Crippen molar-refractivity contribution in [3.8, 4) is 6.07 Å². The molecule has 0 aliphatic rings. The third-order valence-electron chi connectivity index (χ3n) is 2.32. The number of nitrogens with zero attached hydrogens (tertiary/aromatic N) is 1. The van der Waals surface area contributed by atoms with Gasteiger partial charge in [0.1, 0.15) is 0 Å². The second-order valence-corrected chi connectivity index (χ2v) is 4.34. The topological polar surface area (TPSA) is 44.0 Å². The van der Waals surface area contributed by atoms with Gasteiger partial charge in [-0.25, -0.2) is 0 Å². The highest BCUT2D eigenvalue weighted by molar-refractivity contribution is 9.10. The maximum absolute atomic E-state index is 9.08. The highest BCUT2D eigenvalue weighted by atomic mass is 79.9. The summed E-state index contributed by atoms with van der Waals surface area (Å²) < 4.78 is 0.953. The molecule has 1 atom stereocenters. The van der Waals surface area contributed by atoms with Crippen molar-refractivity contribution in [1.82, 2.24) is 0 Å². The number of aliphatic hydroxyl groups is 1. The van der Waals surface area contributed by atoms with E-state index in [9.17, 15) is 0 Å². The number of benzene rings is 1. The van der Waals surface area contributed by atoms with Gasteiger partial charge in [-0.2, -0.15) is 5.26 Å². The molecule has 0 aliphatic heterocycles. The molecule has 0 heterocycles. The normalized spacial score (nSPS) is 14.4. The Balaban J connectivity index is 3.07. The highest BCUT2D eigenvalue weighted by Crippen LogP contribution is 2.28. The fourth-order valence-corrected chi connectivity index (χ4v) is 1.72. The quantitative estimate of drug-likeness (QED) is 0.900. The van der Waals surface area contributed by atoms with E-state index in [1.54, 1.807) is 0 Å². The zero-order chi connectivity index (χ0) is 10.6. The molecule has 1 unspecified atom stereocenters. The molecule has 1 aromatic rings. The first-order chi connectivity index (χ1) is 6.62. The molecule has 0 fully saturated rings. The van der Waals surface area contributed by atoms with Crippen LogP contribution in [0.15, 0.2) is 28.7 Å². The number of aliphatic hydroxyl groups excluding tert-OH is 1. The van der Waals surface area contributed by atoms with E-state index < -0.39 is 5.41 Å². The third-order valence-corrected chi connectivity index (χ3v) is 2.81. The number of hydrogen-bond donors (Lipinski definition) is 1. The summed E-state index contributed by atoms with van der Waals surface area (Å²) in [5, 5.41) is 18.0. The lowest BCUT2D eigenvalue weighted by Crippen LogP contribution is -2.21. The first kappa shape index (κ1) is 11.2. The molecule has 14 heavy (non-hydrogen) atoms. The molecule has 74 valence electrons. The summed E-state index contributed by atoms with van der Waals surface area (Å²) in [5.74, 6) is 0. The van der Waals surface area contributed by atoms with Gasteiger partial charge in [0.25, 0.3) is 0 Å². The van der Waals surface area contributed by atoms with Crippen molar-refractivity contribution < 1.29 is 5.11 Å². The predicted octanol–water partition coefficient (Wildman–Crippen LogP) is 2.61. The fraction of sp³-hybridized carbons (Fsp3) is 0.364. The van der Waals surface area contributed by atoms with Crippen molar-refractivity contribution in [3.05, 3.63) is 34.3 Å². The van der Waals surface area contributed by atoms with Gasteiger partial charge in [-0.05, 0) is 31.0 Å². The van der Waals surface area contributed by atoms with Crippen molar-refractivity contribution in [2.45, 2.75) is 18.8 Å². The lowest BCUT2D eigenvalue weighted by Gasteiger charge is -2.20. The van der Waals surface area contributed by atoms with Gasteiger partial charge in [0.05, 0.1) is 11.5 Å². The van der Waals surface area contributed by atoms with Crippen LogP contribution in [-0.4, -0.2) is 11.7 Å². The van der Waals surface area contributed by atoms with Crippen LogP contribution in [0.5, 0.6) is 0 Å². The van der Waals surface area contributed by atoms with E-state index in [1.807, 2.05) is 31.2 Å². The van der Waals surface area contributed by atoms with Crippen molar-refractivity contribution in [1.29, 1.82) is 5.26 Å². The predicted molar refractivity (Wildman–Crippen MR) is 58.8 cm³/mol. The zero-order valence-electron chi connectivity index (χ0n) is 8.00. The maximum atomic E-state index is 9.08. The minimum Gasteiger partial charge on any atom is -0.396 e. The Labute approximate surface area is 92.3 Å². The first-order valence-electron chi connectivity index (χ1n) is 4.40. The van der Waals surface area contributed by atoms with Gasteiger partial charge < -0.3 is 5.11 Å². The summed E-state index contributed by atoms with van der Waals surface area (Å²) in [6.07, 6.45) is 0.458. The molecular formula is C11H12BrNO. The lowest BCUT2D eigenvalue weighted by atomic mass is 9.81. The van der Waals surface area contributed by atoms with Gasteiger partial charge in [0, 0.05) is 11.1 Å². The molecule has 2 nitrogen and oxygen atoms in total. The van der Waals surface area contributed by atoms with Gasteiger partial charge in [0.2, 0.25) is 0 Å². The van der Waals surface area contributed by atoms with Crippen LogP contribution in [0.2, 0.25) is 0 Å². The second kappa shape index (κ2) is 4.59. The largest absolute Gasteiger partial charge is 0.396 e. The van der Waals surface area contributed by atoms with Crippen LogP contribution in [0.1, 0.15) is 18.9 Å². The minimum absolute atomic E-state index is 0.0244. The molecule has 0 amide bonds. The molecule has 0 radical (unpaired) electrons. The number of nitriles is 1. The van der Waals surface area contributed by atoms with E-state index in [4.69, 9.17) is 10.4 Å². The van der Waals surface area contributed by atoms with Crippen molar-refractivity contribution >= 4 is 15.9 Å². The molecule has 0 bridgehead atoms. The Kier molecular flexibility index (Phi) is 3.68. The average Bonchev–Trinajstić information content (AvgIpc) is 2.18. The summed E-state index contributed by atoms with van der Waals surface area (Å²) in [5.41, 5.74) is 0.335. The standard InChI is InChI=1S/C11H12BrNO/c1-11(8-13,5-6-14)9-3-2-4-10(12)7-9/h2-4,7,14H,5-6H2,1H3. The molecule has 0 spiro atoms. The van der Waals surface area contributed by atoms with Crippen molar-refractivity contribution in [2.75, 3.05) is 6.61 Å². The van der Waals surface area contributed by atoms with Crippen molar-refractivity contribution in [3.63, 3.8) is 0 Å². The van der Waals surface area contributed by atoms with Gasteiger partial charge in [-0.1, -0.05) is 28.1 Å². The highest BCUT2D eigenvalue weighted by Gasteiger charge is 2.25. The minimum atomic E-state index is -0.599. The molecule has 0 saturated carbocycles. The third kappa shape index (κ3) is 2.34. The number of rotatable bonds is 3. The molecular weight excluding hydrogens is 242 g/mol.